The van der Waals surface area contributed by atoms with E-state index in [0.717, 1.165) is 72.9 Å². The second-order valence-corrected chi connectivity index (χ2v) is 8.37. The third-order valence-corrected chi connectivity index (χ3v) is 6.43. The molecule has 0 atom stereocenters. The summed E-state index contributed by atoms with van der Waals surface area (Å²) in [7, 11) is 1.63. The Morgan fingerprint density at radius 2 is 2.00 bits per heavy atom. The summed E-state index contributed by atoms with van der Waals surface area (Å²) in [5.41, 5.74) is 3.65. The van der Waals surface area contributed by atoms with Gasteiger partial charge in [-0.2, -0.15) is 5.10 Å². The monoisotopic (exact) mass is 406 g/mol. The number of aryl methyl sites for hydroxylation is 2. The topological polar surface area (TPSA) is 89.0 Å². The van der Waals surface area contributed by atoms with E-state index in [-0.39, 0.29) is 23.6 Å². The van der Waals surface area contributed by atoms with Crippen LogP contribution >= 0.6 is 0 Å². The molecule has 0 spiro atoms. The zero-order chi connectivity index (χ0) is 20.7. The minimum absolute atomic E-state index is 0.0108. The number of ether oxygens (including phenoxy) is 1. The summed E-state index contributed by atoms with van der Waals surface area (Å²) in [5, 5.41) is 8.77. The average molecular weight is 406 g/mol. The molecule has 1 amide bonds. The van der Waals surface area contributed by atoms with Gasteiger partial charge < -0.3 is 15.0 Å². The van der Waals surface area contributed by atoms with Crippen LogP contribution in [0.4, 0.5) is 0 Å². The van der Waals surface area contributed by atoms with Crippen molar-refractivity contribution in [3.8, 4) is 5.75 Å². The van der Waals surface area contributed by atoms with Gasteiger partial charge in [0.2, 0.25) is 0 Å². The number of hydrogen-bond donors (Lipinski definition) is 2. The van der Waals surface area contributed by atoms with Gasteiger partial charge in [-0.1, -0.05) is 0 Å². The summed E-state index contributed by atoms with van der Waals surface area (Å²) >= 11 is 0. The number of nitrogens with one attached hydrogen (secondary N) is 2. The van der Waals surface area contributed by atoms with Crippen LogP contribution in [-0.4, -0.2) is 33.8 Å². The lowest BCUT2D eigenvalue weighted by molar-refractivity contribution is 0.0917. The van der Waals surface area contributed by atoms with Crippen molar-refractivity contribution in [2.75, 3.05) is 7.11 Å². The number of hydrogen-bond acceptors (Lipinski definition) is 4. The van der Waals surface area contributed by atoms with E-state index in [1.54, 1.807) is 17.9 Å². The van der Waals surface area contributed by atoms with Gasteiger partial charge in [0.25, 0.3) is 11.5 Å². The number of aromatic nitrogens is 3. The number of aromatic amines is 1. The zero-order valence-electron chi connectivity index (χ0n) is 17.1. The first kappa shape index (κ1) is 18.9. The number of rotatable bonds is 4. The highest BCUT2D eigenvalue weighted by molar-refractivity contribution is 5.98. The molecule has 2 aromatic heterocycles. The van der Waals surface area contributed by atoms with Crippen molar-refractivity contribution in [3.63, 3.8) is 0 Å². The minimum atomic E-state index is -0.0959. The lowest BCUT2D eigenvalue weighted by Crippen LogP contribution is -2.39. The molecule has 3 aromatic rings. The second kappa shape index (κ2) is 7.63. The van der Waals surface area contributed by atoms with Crippen molar-refractivity contribution in [2.45, 2.75) is 57.0 Å². The second-order valence-electron chi connectivity index (χ2n) is 8.37. The first-order valence-corrected chi connectivity index (χ1v) is 10.7. The fraction of sp³-hybridized carbons (Fsp3) is 0.435. The first-order chi connectivity index (χ1) is 14.6. The lowest BCUT2D eigenvalue weighted by Gasteiger charge is -2.29. The molecule has 30 heavy (non-hydrogen) atoms. The Morgan fingerprint density at radius 1 is 1.17 bits per heavy atom. The normalized spacial score (nSPS) is 20.8. The molecule has 0 bridgehead atoms. The Bertz CT molecular complexity index is 1150. The van der Waals surface area contributed by atoms with Crippen molar-refractivity contribution in [2.24, 2.45) is 0 Å². The van der Waals surface area contributed by atoms with Crippen molar-refractivity contribution in [3.05, 3.63) is 57.6 Å². The quantitative estimate of drug-likeness (QED) is 0.697. The summed E-state index contributed by atoms with van der Waals surface area (Å²) in [4.78, 5) is 28.4. The zero-order valence-corrected chi connectivity index (χ0v) is 17.1. The molecule has 2 aliphatic rings. The van der Waals surface area contributed by atoms with Crippen LogP contribution in [0.15, 0.2) is 35.1 Å². The van der Waals surface area contributed by atoms with Gasteiger partial charge in [0, 0.05) is 29.1 Å². The number of H-pyrrole nitrogens is 1. The number of nitrogens with zero attached hydrogens (tertiary/aromatic N) is 2. The number of carbonyl (C=O) groups is 1. The molecular formula is C23H26N4O3. The predicted octanol–water partition coefficient (Wildman–Crippen LogP) is 3.14. The summed E-state index contributed by atoms with van der Waals surface area (Å²) < 4.78 is 6.93. The Balaban J connectivity index is 1.23. The standard InChI is InChI=1S/C23H26N4O3/c1-30-18-10-5-15-11-21(25-20(15)13-18)23(29)24-16-6-8-17(9-7-16)27-22(28)12-14-3-2-4-19(14)26-27/h5,10-13,16-17,25H,2-4,6-9H2,1H3,(H,24,29). The maximum absolute atomic E-state index is 12.7. The SMILES string of the molecule is COc1ccc2cc(C(=O)NC3CCC(n4nc5c(cc4=O)CCC5)CC3)[nH]c2c1. The fourth-order valence-corrected chi connectivity index (χ4v) is 4.76. The molecule has 1 aromatic carbocycles. The summed E-state index contributed by atoms with van der Waals surface area (Å²) in [6, 6.07) is 9.58. The number of benzene rings is 1. The molecule has 7 heteroatoms. The van der Waals surface area contributed by atoms with Crippen molar-refractivity contribution in [1.82, 2.24) is 20.1 Å². The van der Waals surface area contributed by atoms with E-state index in [1.807, 2.05) is 24.3 Å². The third kappa shape index (κ3) is 3.49. The average Bonchev–Trinajstić information content (AvgIpc) is 3.39. The van der Waals surface area contributed by atoms with Crippen molar-refractivity contribution >= 4 is 16.8 Å². The Morgan fingerprint density at radius 3 is 2.80 bits per heavy atom. The van der Waals surface area contributed by atoms with Crippen LogP contribution in [0.2, 0.25) is 0 Å². The molecule has 156 valence electrons. The third-order valence-electron chi connectivity index (χ3n) is 6.43. The van der Waals surface area contributed by atoms with Gasteiger partial charge in [0.15, 0.2) is 0 Å². The Kier molecular flexibility index (Phi) is 4.81. The van der Waals surface area contributed by atoms with Crippen LogP contribution in [-0.2, 0) is 12.8 Å². The highest BCUT2D eigenvalue weighted by Gasteiger charge is 2.26. The highest BCUT2D eigenvalue weighted by Crippen LogP contribution is 2.28. The van der Waals surface area contributed by atoms with Gasteiger partial charge in [-0.15, -0.1) is 0 Å². The predicted molar refractivity (Wildman–Crippen MR) is 114 cm³/mol. The van der Waals surface area contributed by atoms with Gasteiger partial charge in [0.1, 0.15) is 11.4 Å². The summed E-state index contributed by atoms with van der Waals surface area (Å²) in [5.74, 6) is 0.659. The van der Waals surface area contributed by atoms with Gasteiger partial charge >= 0.3 is 0 Å². The van der Waals surface area contributed by atoms with E-state index in [9.17, 15) is 9.59 Å². The van der Waals surface area contributed by atoms with Crippen LogP contribution < -0.4 is 15.6 Å². The number of methoxy groups -OCH3 is 1. The van der Waals surface area contributed by atoms with Gasteiger partial charge in [-0.3, -0.25) is 9.59 Å². The molecule has 7 nitrogen and oxygen atoms in total. The molecule has 2 heterocycles. The molecule has 1 fully saturated rings. The Labute approximate surface area is 174 Å². The fourth-order valence-electron chi connectivity index (χ4n) is 4.76. The maximum atomic E-state index is 12.7. The maximum Gasteiger partial charge on any atom is 0.267 e. The van der Waals surface area contributed by atoms with E-state index >= 15 is 0 Å². The Hall–Kier alpha value is -3.09. The number of amides is 1. The van der Waals surface area contributed by atoms with Crippen LogP contribution in [0, 0.1) is 0 Å². The van der Waals surface area contributed by atoms with Crippen molar-refractivity contribution in [1.29, 1.82) is 0 Å². The summed E-state index contributed by atoms with van der Waals surface area (Å²) in [6.07, 6.45) is 6.41. The highest BCUT2D eigenvalue weighted by atomic mass is 16.5. The van der Waals surface area contributed by atoms with Gasteiger partial charge in [0.05, 0.1) is 18.8 Å². The van der Waals surface area contributed by atoms with Crippen LogP contribution in [0.3, 0.4) is 0 Å². The largest absolute Gasteiger partial charge is 0.497 e. The molecule has 0 radical (unpaired) electrons. The smallest absolute Gasteiger partial charge is 0.267 e. The molecule has 0 saturated heterocycles. The molecule has 2 N–H and O–H groups in total. The first-order valence-electron chi connectivity index (χ1n) is 10.7. The lowest BCUT2D eigenvalue weighted by atomic mass is 9.91. The molecule has 2 aliphatic carbocycles. The van der Waals surface area contributed by atoms with E-state index in [4.69, 9.17) is 4.74 Å². The van der Waals surface area contributed by atoms with Crippen molar-refractivity contribution < 1.29 is 9.53 Å². The van der Waals surface area contributed by atoms with Gasteiger partial charge in [-0.25, -0.2) is 4.68 Å². The molecular weight excluding hydrogens is 380 g/mol. The molecule has 1 saturated carbocycles. The summed E-state index contributed by atoms with van der Waals surface area (Å²) in [6.45, 7) is 0. The number of fused-ring (bicyclic) bond motifs is 2. The van der Waals surface area contributed by atoms with E-state index in [0.29, 0.717) is 5.69 Å². The number of carbonyl (C=O) groups excluding carboxylic acids is 1. The molecule has 5 rings (SSSR count). The molecule has 0 unspecified atom stereocenters. The van der Waals surface area contributed by atoms with Gasteiger partial charge in [-0.05, 0) is 68.7 Å². The van der Waals surface area contributed by atoms with Crippen LogP contribution in [0.1, 0.15) is 59.9 Å². The van der Waals surface area contributed by atoms with Crippen LogP contribution in [0.25, 0.3) is 10.9 Å². The minimum Gasteiger partial charge on any atom is -0.497 e. The van der Waals surface area contributed by atoms with E-state index in [2.05, 4.69) is 15.4 Å². The molecule has 0 aliphatic heterocycles. The van der Waals surface area contributed by atoms with Crippen LogP contribution in [0.5, 0.6) is 5.75 Å². The van der Waals surface area contributed by atoms with E-state index < -0.39 is 0 Å². The van der Waals surface area contributed by atoms with E-state index in [1.165, 1.54) is 0 Å².